The van der Waals surface area contributed by atoms with Crippen LogP contribution in [0.1, 0.15) is 74.9 Å². The first-order valence-corrected chi connectivity index (χ1v) is 21.3. The molecule has 0 bridgehead atoms. The van der Waals surface area contributed by atoms with Crippen molar-refractivity contribution >= 4 is 21.5 Å². The van der Waals surface area contributed by atoms with Crippen LogP contribution in [0, 0.1) is 0 Å². The number of benzene rings is 9. The van der Waals surface area contributed by atoms with Crippen molar-refractivity contribution in [3.8, 4) is 66.8 Å². The van der Waals surface area contributed by atoms with Crippen LogP contribution in [-0.2, 0) is 16.2 Å². The SMILES string of the molecule is CC1(C)c2ccc(-c3ccc4c(c3)C(C)(C)c3ccc5c(c3-4)-c3ccccc3C5(C)C)cc2-c2ccc(-c3c4ccccc4c(-c4ccccc4)c4ccccc34)cc21. The van der Waals surface area contributed by atoms with Gasteiger partial charge >= 0.3 is 0 Å². The Bertz CT molecular complexity index is 3220. The van der Waals surface area contributed by atoms with Crippen LogP contribution < -0.4 is 0 Å². The molecule has 0 spiro atoms. The molecule has 0 saturated heterocycles. The lowest BCUT2D eigenvalue weighted by Gasteiger charge is -2.24. The van der Waals surface area contributed by atoms with Gasteiger partial charge in [0.1, 0.15) is 0 Å². The summed E-state index contributed by atoms with van der Waals surface area (Å²) < 4.78 is 0. The van der Waals surface area contributed by atoms with Gasteiger partial charge in [-0.15, -0.1) is 0 Å². The number of rotatable bonds is 3. The van der Waals surface area contributed by atoms with Crippen molar-refractivity contribution in [3.63, 3.8) is 0 Å². The van der Waals surface area contributed by atoms with Gasteiger partial charge in [0.15, 0.2) is 0 Å². The fraction of sp³-hybridized carbons (Fsp3) is 0.153. The molecule has 59 heavy (non-hydrogen) atoms. The largest absolute Gasteiger partial charge is 0.0622 e. The second-order valence-electron chi connectivity index (χ2n) is 18.8. The number of hydrogen-bond donors (Lipinski definition) is 0. The first-order valence-electron chi connectivity index (χ1n) is 21.3. The standard InChI is InChI=1S/C59H46/c1-57(2)47-23-15-14-22-44(47)55-49(57)30-31-50-56(55)45-28-24-37(33-52(45)59(50,5)6)36-26-29-48-46(32-36)39-27-25-38(34-51(39)58(48,3)4)54-42-20-12-10-18-40(42)53(35-16-8-7-9-17-35)41-19-11-13-21-43(41)54/h7-34H,1-6H3. The summed E-state index contributed by atoms with van der Waals surface area (Å²) in [4.78, 5) is 0. The minimum atomic E-state index is -0.138. The fourth-order valence-corrected chi connectivity index (χ4v) is 11.6. The highest BCUT2D eigenvalue weighted by Gasteiger charge is 2.44. The monoisotopic (exact) mass is 754 g/mol. The van der Waals surface area contributed by atoms with E-state index in [1.165, 1.54) is 122 Å². The summed E-state index contributed by atoms with van der Waals surface area (Å²) in [5, 5.41) is 5.16. The van der Waals surface area contributed by atoms with Crippen LogP contribution in [0.5, 0.6) is 0 Å². The molecule has 3 aliphatic rings. The Morgan fingerprint density at radius 2 is 0.644 bits per heavy atom. The van der Waals surface area contributed by atoms with E-state index in [2.05, 4.69) is 211 Å². The Hall–Kier alpha value is -6.50. The summed E-state index contributed by atoms with van der Waals surface area (Å²) in [7, 11) is 0. The van der Waals surface area contributed by atoms with Crippen LogP contribution in [0.4, 0.5) is 0 Å². The molecule has 0 heterocycles. The Kier molecular flexibility index (Phi) is 6.91. The molecule has 0 heteroatoms. The van der Waals surface area contributed by atoms with E-state index in [0.29, 0.717) is 0 Å². The van der Waals surface area contributed by atoms with E-state index in [1.807, 2.05) is 0 Å². The highest BCUT2D eigenvalue weighted by atomic mass is 14.5. The maximum atomic E-state index is 2.50. The minimum absolute atomic E-state index is 0.0163. The lowest BCUT2D eigenvalue weighted by Crippen LogP contribution is -2.17. The topological polar surface area (TPSA) is 0 Å². The summed E-state index contributed by atoms with van der Waals surface area (Å²) in [5.74, 6) is 0. The predicted octanol–water partition coefficient (Wildman–Crippen LogP) is 15.9. The Labute approximate surface area is 347 Å². The van der Waals surface area contributed by atoms with Crippen LogP contribution in [0.2, 0.25) is 0 Å². The van der Waals surface area contributed by atoms with Crippen molar-refractivity contribution in [2.75, 3.05) is 0 Å². The molecule has 9 aromatic carbocycles. The number of fused-ring (bicyclic) bond motifs is 12. The third kappa shape index (κ3) is 4.55. The van der Waals surface area contributed by atoms with Gasteiger partial charge < -0.3 is 0 Å². The molecule has 0 aliphatic heterocycles. The normalized spacial score (nSPS) is 15.7. The zero-order chi connectivity index (χ0) is 40.0. The molecule has 0 aromatic heterocycles. The van der Waals surface area contributed by atoms with Crippen LogP contribution in [0.15, 0.2) is 170 Å². The van der Waals surface area contributed by atoms with Gasteiger partial charge in [0.2, 0.25) is 0 Å². The lowest BCUT2D eigenvalue weighted by atomic mass is 9.79. The Balaban J connectivity index is 0.984. The quantitative estimate of drug-likeness (QED) is 0.158. The average molecular weight is 755 g/mol. The lowest BCUT2D eigenvalue weighted by molar-refractivity contribution is 0.651. The molecule has 0 amide bonds. The third-order valence-electron chi connectivity index (χ3n) is 14.7. The molecule has 282 valence electrons. The molecule has 0 unspecified atom stereocenters. The molecule has 3 aliphatic carbocycles. The Morgan fingerprint density at radius 3 is 1.31 bits per heavy atom. The zero-order valence-electron chi connectivity index (χ0n) is 34.7. The van der Waals surface area contributed by atoms with Crippen LogP contribution in [-0.4, -0.2) is 0 Å². The molecule has 9 aromatic rings. The van der Waals surface area contributed by atoms with Crippen molar-refractivity contribution in [2.45, 2.75) is 57.8 Å². The van der Waals surface area contributed by atoms with E-state index in [0.717, 1.165) is 0 Å². The first-order chi connectivity index (χ1) is 28.5. The highest BCUT2D eigenvalue weighted by Crippen LogP contribution is 2.60. The van der Waals surface area contributed by atoms with Crippen molar-refractivity contribution in [1.82, 2.24) is 0 Å². The molecule has 12 rings (SSSR count). The van der Waals surface area contributed by atoms with Gasteiger partial charge in [-0.2, -0.15) is 0 Å². The first kappa shape index (κ1) is 34.5. The van der Waals surface area contributed by atoms with E-state index in [9.17, 15) is 0 Å². The van der Waals surface area contributed by atoms with Crippen molar-refractivity contribution < 1.29 is 0 Å². The summed E-state index contributed by atoms with van der Waals surface area (Å²) >= 11 is 0. The van der Waals surface area contributed by atoms with E-state index >= 15 is 0 Å². The summed E-state index contributed by atoms with van der Waals surface area (Å²) in [6.07, 6.45) is 0. The van der Waals surface area contributed by atoms with Crippen molar-refractivity contribution in [1.29, 1.82) is 0 Å². The van der Waals surface area contributed by atoms with Gasteiger partial charge in [-0.05, 0) is 140 Å². The van der Waals surface area contributed by atoms with Gasteiger partial charge in [0.25, 0.3) is 0 Å². The molecule has 0 radical (unpaired) electrons. The zero-order valence-corrected chi connectivity index (χ0v) is 34.7. The maximum absolute atomic E-state index is 2.50. The summed E-state index contributed by atoms with van der Waals surface area (Å²) in [5.41, 5.74) is 24.3. The molecule has 0 fully saturated rings. The molecule has 0 saturated carbocycles. The van der Waals surface area contributed by atoms with Gasteiger partial charge in [0.05, 0.1) is 0 Å². The fourth-order valence-electron chi connectivity index (χ4n) is 11.6. The summed E-state index contributed by atoms with van der Waals surface area (Å²) in [6, 6.07) is 64.5. The molecular weight excluding hydrogens is 709 g/mol. The van der Waals surface area contributed by atoms with E-state index in [4.69, 9.17) is 0 Å². The smallest absolute Gasteiger partial charge is 0.0159 e. The second kappa shape index (κ2) is 11.8. The maximum Gasteiger partial charge on any atom is 0.0159 e. The van der Waals surface area contributed by atoms with Gasteiger partial charge in [-0.1, -0.05) is 193 Å². The van der Waals surface area contributed by atoms with Crippen LogP contribution >= 0.6 is 0 Å². The average Bonchev–Trinajstić information content (AvgIpc) is 3.74. The number of hydrogen-bond acceptors (Lipinski definition) is 0. The highest BCUT2D eigenvalue weighted by molar-refractivity contribution is 6.21. The molecule has 0 nitrogen and oxygen atoms in total. The van der Waals surface area contributed by atoms with Crippen molar-refractivity contribution in [2.24, 2.45) is 0 Å². The molecular formula is C59H46. The molecule has 0 N–H and O–H groups in total. The minimum Gasteiger partial charge on any atom is -0.0622 e. The van der Waals surface area contributed by atoms with Gasteiger partial charge in [-0.3, -0.25) is 0 Å². The van der Waals surface area contributed by atoms with Crippen LogP contribution in [0.3, 0.4) is 0 Å². The van der Waals surface area contributed by atoms with Crippen LogP contribution in [0.25, 0.3) is 88.3 Å². The van der Waals surface area contributed by atoms with E-state index in [-0.39, 0.29) is 16.2 Å². The third-order valence-corrected chi connectivity index (χ3v) is 14.7. The molecule has 0 atom stereocenters. The summed E-state index contributed by atoms with van der Waals surface area (Å²) in [6.45, 7) is 14.4. The van der Waals surface area contributed by atoms with E-state index in [1.54, 1.807) is 0 Å². The van der Waals surface area contributed by atoms with E-state index < -0.39 is 0 Å². The van der Waals surface area contributed by atoms with Gasteiger partial charge in [0, 0.05) is 16.2 Å². The van der Waals surface area contributed by atoms with Crippen molar-refractivity contribution in [3.05, 3.63) is 203 Å². The predicted molar refractivity (Wildman–Crippen MR) is 250 cm³/mol. The Morgan fingerprint density at radius 1 is 0.237 bits per heavy atom. The van der Waals surface area contributed by atoms with Gasteiger partial charge in [-0.25, -0.2) is 0 Å². The second-order valence-corrected chi connectivity index (χ2v) is 18.8.